The average molecular weight is 213 g/mol. The number of aryl methyl sites for hydroxylation is 1. The molecule has 3 nitrogen and oxygen atoms in total. The Balaban J connectivity index is 2.12. The van der Waals surface area contributed by atoms with Crippen molar-refractivity contribution in [1.82, 2.24) is 9.97 Å². The number of pyridine rings is 2. The molecule has 2 N–H and O–H groups in total. The Morgan fingerprint density at radius 3 is 2.88 bits per heavy atom. The van der Waals surface area contributed by atoms with E-state index in [1.54, 1.807) is 6.20 Å². The van der Waals surface area contributed by atoms with Crippen LogP contribution in [-0.4, -0.2) is 9.97 Å². The maximum Gasteiger partial charge on any atom is 0.0422 e. The fourth-order valence-corrected chi connectivity index (χ4v) is 1.64. The van der Waals surface area contributed by atoms with Gasteiger partial charge < -0.3 is 5.73 Å². The number of nitrogens with two attached hydrogens (primary N) is 1. The predicted octanol–water partition coefficient (Wildman–Crippen LogP) is 2.03. The minimum absolute atomic E-state index is 0.0395. The zero-order chi connectivity index (χ0) is 11.4. The lowest BCUT2D eigenvalue weighted by atomic mass is 10.0. The van der Waals surface area contributed by atoms with E-state index < -0.39 is 0 Å². The first-order valence-electron chi connectivity index (χ1n) is 5.33. The van der Waals surface area contributed by atoms with Gasteiger partial charge in [-0.1, -0.05) is 12.1 Å². The molecular weight excluding hydrogens is 198 g/mol. The Kier molecular flexibility index (Phi) is 3.27. The molecule has 0 aliphatic carbocycles. The third-order valence-corrected chi connectivity index (χ3v) is 2.48. The topological polar surface area (TPSA) is 51.8 Å². The summed E-state index contributed by atoms with van der Waals surface area (Å²) in [4.78, 5) is 8.41. The van der Waals surface area contributed by atoms with Crippen molar-refractivity contribution < 1.29 is 0 Å². The van der Waals surface area contributed by atoms with Crippen LogP contribution in [-0.2, 0) is 6.42 Å². The van der Waals surface area contributed by atoms with Crippen LogP contribution < -0.4 is 5.73 Å². The number of nitrogens with zero attached hydrogens (tertiary/aromatic N) is 2. The summed E-state index contributed by atoms with van der Waals surface area (Å²) in [5.41, 5.74) is 9.32. The van der Waals surface area contributed by atoms with Gasteiger partial charge in [-0.3, -0.25) is 9.97 Å². The molecule has 16 heavy (non-hydrogen) atoms. The number of aromatic nitrogens is 2. The van der Waals surface area contributed by atoms with Crippen molar-refractivity contribution >= 4 is 0 Å². The lowest BCUT2D eigenvalue weighted by Crippen LogP contribution is -2.14. The molecule has 0 aliphatic rings. The summed E-state index contributed by atoms with van der Waals surface area (Å²) in [6.07, 6.45) is 6.18. The van der Waals surface area contributed by atoms with Crippen molar-refractivity contribution in [3.05, 3.63) is 59.7 Å². The van der Waals surface area contributed by atoms with Gasteiger partial charge in [-0.25, -0.2) is 0 Å². The molecule has 0 bridgehead atoms. The number of hydrogen-bond donors (Lipinski definition) is 1. The number of rotatable bonds is 3. The van der Waals surface area contributed by atoms with Crippen LogP contribution >= 0.6 is 0 Å². The summed E-state index contributed by atoms with van der Waals surface area (Å²) >= 11 is 0. The van der Waals surface area contributed by atoms with Gasteiger partial charge in [0.15, 0.2) is 0 Å². The van der Waals surface area contributed by atoms with E-state index in [1.807, 2.05) is 37.5 Å². The largest absolute Gasteiger partial charge is 0.324 e. The summed E-state index contributed by atoms with van der Waals surface area (Å²) in [6.45, 7) is 2.02. The van der Waals surface area contributed by atoms with E-state index in [0.717, 1.165) is 23.2 Å². The molecule has 2 aromatic rings. The van der Waals surface area contributed by atoms with Crippen molar-refractivity contribution in [2.45, 2.75) is 19.4 Å². The minimum atomic E-state index is -0.0395. The van der Waals surface area contributed by atoms with Crippen LogP contribution in [0.15, 0.2) is 42.9 Å². The van der Waals surface area contributed by atoms with Gasteiger partial charge in [-0.2, -0.15) is 0 Å². The standard InChI is InChI=1S/C13H15N3/c1-10-6-11(9-15-8-10)13(14)7-12-4-2-3-5-16-12/h2-6,8-9,13H,7,14H2,1H3. The van der Waals surface area contributed by atoms with E-state index in [4.69, 9.17) is 5.73 Å². The summed E-state index contributed by atoms with van der Waals surface area (Å²) < 4.78 is 0. The Hall–Kier alpha value is -1.74. The van der Waals surface area contributed by atoms with Crippen LogP contribution in [0.3, 0.4) is 0 Å². The molecule has 2 heterocycles. The van der Waals surface area contributed by atoms with Crippen LogP contribution in [0.4, 0.5) is 0 Å². The summed E-state index contributed by atoms with van der Waals surface area (Å²) in [6, 6.07) is 7.90. The lowest BCUT2D eigenvalue weighted by molar-refractivity contribution is 0.702. The summed E-state index contributed by atoms with van der Waals surface area (Å²) in [5, 5.41) is 0. The van der Waals surface area contributed by atoms with Crippen LogP contribution in [0.2, 0.25) is 0 Å². The van der Waals surface area contributed by atoms with E-state index in [0.29, 0.717) is 0 Å². The highest BCUT2D eigenvalue weighted by molar-refractivity contribution is 5.21. The van der Waals surface area contributed by atoms with Gasteiger partial charge in [0.2, 0.25) is 0 Å². The molecule has 82 valence electrons. The fraction of sp³-hybridized carbons (Fsp3) is 0.231. The van der Waals surface area contributed by atoms with E-state index in [-0.39, 0.29) is 6.04 Å². The van der Waals surface area contributed by atoms with E-state index in [9.17, 15) is 0 Å². The minimum Gasteiger partial charge on any atom is -0.324 e. The number of hydrogen-bond acceptors (Lipinski definition) is 3. The highest BCUT2D eigenvalue weighted by atomic mass is 14.7. The second-order valence-electron chi connectivity index (χ2n) is 3.93. The van der Waals surface area contributed by atoms with Crippen LogP contribution in [0.5, 0.6) is 0 Å². The van der Waals surface area contributed by atoms with E-state index in [1.165, 1.54) is 0 Å². The van der Waals surface area contributed by atoms with Gasteiger partial charge in [-0.15, -0.1) is 0 Å². The molecule has 2 rings (SSSR count). The molecule has 2 aromatic heterocycles. The Morgan fingerprint density at radius 2 is 2.19 bits per heavy atom. The van der Waals surface area contributed by atoms with Gasteiger partial charge in [0.05, 0.1) is 0 Å². The third kappa shape index (κ3) is 2.64. The molecule has 1 atom stereocenters. The molecule has 0 amide bonds. The second-order valence-corrected chi connectivity index (χ2v) is 3.93. The zero-order valence-corrected chi connectivity index (χ0v) is 9.30. The molecule has 0 radical (unpaired) electrons. The van der Waals surface area contributed by atoms with Crippen molar-refractivity contribution in [3.8, 4) is 0 Å². The average Bonchev–Trinajstić information content (AvgIpc) is 2.30. The quantitative estimate of drug-likeness (QED) is 0.848. The first-order valence-corrected chi connectivity index (χ1v) is 5.33. The maximum absolute atomic E-state index is 6.12. The molecule has 0 aliphatic heterocycles. The highest BCUT2D eigenvalue weighted by Crippen LogP contribution is 2.14. The highest BCUT2D eigenvalue weighted by Gasteiger charge is 2.07. The summed E-state index contributed by atoms with van der Waals surface area (Å²) in [5.74, 6) is 0. The first kappa shape index (κ1) is 10.8. The lowest BCUT2D eigenvalue weighted by Gasteiger charge is -2.11. The van der Waals surface area contributed by atoms with Gasteiger partial charge in [0.25, 0.3) is 0 Å². The molecule has 0 aromatic carbocycles. The van der Waals surface area contributed by atoms with E-state index >= 15 is 0 Å². The SMILES string of the molecule is Cc1cncc(C(N)Cc2ccccn2)c1. The van der Waals surface area contributed by atoms with Gasteiger partial charge in [0.1, 0.15) is 0 Å². The predicted molar refractivity (Wildman–Crippen MR) is 63.8 cm³/mol. The van der Waals surface area contributed by atoms with Crippen LogP contribution in [0.25, 0.3) is 0 Å². The Labute approximate surface area is 95.4 Å². The first-order chi connectivity index (χ1) is 7.75. The molecule has 0 saturated carbocycles. The van der Waals surface area contributed by atoms with Gasteiger partial charge >= 0.3 is 0 Å². The van der Waals surface area contributed by atoms with Crippen molar-refractivity contribution in [2.24, 2.45) is 5.73 Å². The van der Waals surface area contributed by atoms with Crippen molar-refractivity contribution in [2.75, 3.05) is 0 Å². The molecule has 0 saturated heterocycles. The van der Waals surface area contributed by atoms with E-state index in [2.05, 4.69) is 16.0 Å². The Morgan fingerprint density at radius 1 is 1.31 bits per heavy atom. The molecule has 3 heteroatoms. The van der Waals surface area contributed by atoms with Crippen LogP contribution in [0, 0.1) is 6.92 Å². The fourth-order valence-electron chi connectivity index (χ4n) is 1.64. The molecule has 0 fully saturated rings. The normalized spacial score (nSPS) is 12.4. The molecule has 1 unspecified atom stereocenters. The maximum atomic E-state index is 6.12. The van der Waals surface area contributed by atoms with Gasteiger partial charge in [0, 0.05) is 36.7 Å². The van der Waals surface area contributed by atoms with Gasteiger partial charge in [-0.05, 0) is 30.2 Å². The second kappa shape index (κ2) is 4.86. The summed E-state index contributed by atoms with van der Waals surface area (Å²) in [7, 11) is 0. The van der Waals surface area contributed by atoms with Crippen molar-refractivity contribution in [1.29, 1.82) is 0 Å². The van der Waals surface area contributed by atoms with Crippen LogP contribution in [0.1, 0.15) is 22.9 Å². The monoisotopic (exact) mass is 213 g/mol. The smallest absolute Gasteiger partial charge is 0.0422 e. The molecule has 0 spiro atoms. The molecular formula is C13H15N3. The Bertz CT molecular complexity index is 454. The van der Waals surface area contributed by atoms with Crippen molar-refractivity contribution in [3.63, 3.8) is 0 Å². The zero-order valence-electron chi connectivity index (χ0n) is 9.30. The third-order valence-electron chi connectivity index (χ3n) is 2.48.